The molecule has 1 aromatic carbocycles. The zero-order valence-corrected chi connectivity index (χ0v) is 14.2. The van der Waals surface area contributed by atoms with Gasteiger partial charge in [0.05, 0.1) is 18.7 Å². The van der Waals surface area contributed by atoms with Gasteiger partial charge in [0.1, 0.15) is 11.3 Å². The van der Waals surface area contributed by atoms with Gasteiger partial charge in [-0.1, -0.05) is 0 Å². The average Bonchev–Trinajstić information content (AvgIpc) is 2.62. The van der Waals surface area contributed by atoms with Crippen molar-refractivity contribution < 1.29 is 19.7 Å². The molecule has 1 saturated heterocycles. The molecule has 1 aliphatic heterocycles. The molecule has 0 bridgehead atoms. The number of nitrogens with zero attached hydrogens (tertiary/aromatic N) is 2. The minimum Gasteiger partial charge on any atom is -0.497 e. The van der Waals surface area contributed by atoms with Crippen molar-refractivity contribution >= 4 is 16.9 Å². The Bertz CT molecular complexity index is 772. The van der Waals surface area contributed by atoms with E-state index in [0.29, 0.717) is 38.2 Å². The van der Waals surface area contributed by atoms with Crippen LogP contribution < -0.4 is 10.5 Å². The number of piperidine rings is 1. The standard InChI is InChI=1S/C18H23N3O4/c1-25-12-2-3-15-14(10-12)13(4-7-20-15)16(22)11-21-8-5-18(19,6-9-21)17(23)24/h2-4,7,10,16,22H,5-6,8-9,11,19H2,1H3,(H,23,24)/t16-/m1/s1. The summed E-state index contributed by atoms with van der Waals surface area (Å²) >= 11 is 0. The molecule has 1 atom stereocenters. The van der Waals surface area contributed by atoms with Crippen molar-refractivity contribution in [1.82, 2.24) is 9.88 Å². The molecule has 7 nitrogen and oxygen atoms in total. The lowest BCUT2D eigenvalue weighted by Crippen LogP contribution is -2.56. The molecule has 0 radical (unpaired) electrons. The van der Waals surface area contributed by atoms with E-state index in [1.54, 1.807) is 19.4 Å². The summed E-state index contributed by atoms with van der Waals surface area (Å²) in [7, 11) is 1.60. The van der Waals surface area contributed by atoms with Crippen LogP contribution in [0.2, 0.25) is 0 Å². The van der Waals surface area contributed by atoms with Crippen LogP contribution in [0.3, 0.4) is 0 Å². The second-order valence-electron chi connectivity index (χ2n) is 6.56. The molecule has 4 N–H and O–H groups in total. The first-order chi connectivity index (χ1) is 11.9. The maximum Gasteiger partial charge on any atom is 0.323 e. The smallest absolute Gasteiger partial charge is 0.323 e. The SMILES string of the molecule is COc1ccc2nccc([C@H](O)CN3CCC(N)(C(=O)O)CC3)c2c1. The number of aliphatic hydroxyl groups excluding tert-OH is 1. The number of hydrogen-bond donors (Lipinski definition) is 3. The molecule has 134 valence electrons. The van der Waals surface area contributed by atoms with E-state index in [2.05, 4.69) is 4.98 Å². The number of aliphatic carboxylic acids is 1. The van der Waals surface area contributed by atoms with E-state index in [9.17, 15) is 15.0 Å². The van der Waals surface area contributed by atoms with Gasteiger partial charge in [0.2, 0.25) is 0 Å². The lowest BCUT2D eigenvalue weighted by atomic mass is 9.88. The molecule has 1 fully saturated rings. The predicted octanol–water partition coefficient (Wildman–Crippen LogP) is 1.15. The molecule has 2 heterocycles. The molecule has 0 amide bonds. The highest BCUT2D eigenvalue weighted by atomic mass is 16.5. The first-order valence-corrected chi connectivity index (χ1v) is 8.28. The Labute approximate surface area is 146 Å². The highest BCUT2D eigenvalue weighted by Crippen LogP contribution is 2.28. The van der Waals surface area contributed by atoms with Crippen LogP contribution in [0.4, 0.5) is 0 Å². The molecule has 3 rings (SSSR count). The van der Waals surface area contributed by atoms with Crippen LogP contribution in [-0.2, 0) is 4.79 Å². The maximum absolute atomic E-state index is 11.2. The van der Waals surface area contributed by atoms with Crippen LogP contribution in [0, 0.1) is 0 Å². The van der Waals surface area contributed by atoms with Crippen molar-refractivity contribution in [3.63, 3.8) is 0 Å². The summed E-state index contributed by atoms with van der Waals surface area (Å²) in [5, 5.41) is 20.8. The van der Waals surface area contributed by atoms with Gasteiger partial charge >= 0.3 is 5.97 Å². The van der Waals surface area contributed by atoms with Crippen molar-refractivity contribution in [1.29, 1.82) is 0 Å². The number of β-amino-alcohol motifs (C(OH)–C–C–N with tert-alkyl or cyclic N) is 1. The summed E-state index contributed by atoms with van der Waals surface area (Å²) in [6, 6.07) is 7.37. The van der Waals surface area contributed by atoms with Gasteiger partial charge in [-0.25, -0.2) is 0 Å². The van der Waals surface area contributed by atoms with Crippen molar-refractivity contribution in [2.45, 2.75) is 24.5 Å². The first-order valence-electron chi connectivity index (χ1n) is 8.28. The third kappa shape index (κ3) is 3.58. The Morgan fingerprint density at radius 2 is 2.12 bits per heavy atom. The Morgan fingerprint density at radius 1 is 1.40 bits per heavy atom. The van der Waals surface area contributed by atoms with Gasteiger partial charge in [0, 0.05) is 31.2 Å². The number of hydrogen-bond acceptors (Lipinski definition) is 6. The second-order valence-corrected chi connectivity index (χ2v) is 6.56. The number of pyridine rings is 1. The summed E-state index contributed by atoms with van der Waals surface area (Å²) in [5.41, 5.74) is 6.33. The minimum absolute atomic E-state index is 0.375. The Hall–Kier alpha value is -2.22. The van der Waals surface area contributed by atoms with E-state index in [4.69, 9.17) is 10.5 Å². The molecular weight excluding hydrogens is 322 g/mol. The van der Waals surface area contributed by atoms with Crippen molar-refractivity contribution in [2.24, 2.45) is 5.73 Å². The quantitative estimate of drug-likeness (QED) is 0.746. The van der Waals surface area contributed by atoms with Crippen LogP contribution in [0.5, 0.6) is 5.75 Å². The number of benzene rings is 1. The number of nitrogens with two attached hydrogens (primary N) is 1. The molecule has 7 heteroatoms. The summed E-state index contributed by atoms with van der Waals surface area (Å²) in [6.45, 7) is 1.52. The first kappa shape index (κ1) is 17.6. The molecule has 2 aromatic rings. The molecule has 0 unspecified atom stereocenters. The van der Waals surface area contributed by atoms with Crippen LogP contribution >= 0.6 is 0 Å². The zero-order chi connectivity index (χ0) is 18.0. The Morgan fingerprint density at radius 3 is 2.76 bits per heavy atom. The van der Waals surface area contributed by atoms with Gasteiger partial charge in [-0.3, -0.25) is 9.78 Å². The highest BCUT2D eigenvalue weighted by molar-refractivity contribution is 5.83. The number of methoxy groups -OCH3 is 1. The van der Waals surface area contributed by atoms with Crippen LogP contribution in [0.15, 0.2) is 30.5 Å². The number of ether oxygens (including phenoxy) is 1. The lowest BCUT2D eigenvalue weighted by molar-refractivity contribution is -0.145. The fourth-order valence-corrected chi connectivity index (χ4v) is 3.26. The van der Waals surface area contributed by atoms with E-state index in [1.807, 2.05) is 23.1 Å². The fraction of sp³-hybridized carbons (Fsp3) is 0.444. The number of fused-ring (bicyclic) bond motifs is 1. The van der Waals surface area contributed by atoms with E-state index in [0.717, 1.165) is 16.5 Å². The van der Waals surface area contributed by atoms with Gasteiger partial charge in [-0.15, -0.1) is 0 Å². The number of aromatic nitrogens is 1. The van der Waals surface area contributed by atoms with Gasteiger partial charge in [0.15, 0.2) is 0 Å². The number of likely N-dealkylation sites (tertiary alicyclic amines) is 1. The highest BCUT2D eigenvalue weighted by Gasteiger charge is 2.37. The third-order valence-corrected chi connectivity index (χ3v) is 4.95. The molecule has 0 spiro atoms. The van der Waals surface area contributed by atoms with Gasteiger partial charge in [0.25, 0.3) is 0 Å². The molecule has 25 heavy (non-hydrogen) atoms. The monoisotopic (exact) mass is 345 g/mol. The number of rotatable bonds is 5. The molecule has 1 aliphatic rings. The van der Waals surface area contributed by atoms with E-state index >= 15 is 0 Å². The van der Waals surface area contributed by atoms with Crippen LogP contribution in [0.1, 0.15) is 24.5 Å². The topological polar surface area (TPSA) is 109 Å². The summed E-state index contributed by atoms with van der Waals surface area (Å²) in [5.74, 6) is -0.249. The lowest BCUT2D eigenvalue weighted by Gasteiger charge is -2.37. The normalized spacial score (nSPS) is 18.8. The summed E-state index contributed by atoms with van der Waals surface area (Å²) < 4.78 is 5.26. The summed E-state index contributed by atoms with van der Waals surface area (Å²) in [6.07, 6.45) is 1.73. The number of carboxylic acids is 1. The van der Waals surface area contributed by atoms with Crippen molar-refractivity contribution in [2.75, 3.05) is 26.7 Å². The Balaban J connectivity index is 1.75. The molecule has 0 aliphatic carbocycles. The van der Waals surface area contributed by atoms with E-state index in [-0.39, 0.29) is 0 Å². The predicted molar refractivity (Wildman–Crippen MR) is 93.5 cm³/mol. The van der Waals surface area contributed by atoms with E-state index < -0.39 is 17.6 Å². The average molecular weight is 345 g/mol. The zero-order valence-electron chi connectivity index (χ0n) is 14.2. The number of aliphatic hydroxyl groups is 1. The fourth-order valence-electron chi connectivity index (χ4n) is 3.26. The van der Waals surface area contributed by atoms with Gasteiger partial charge in [-0.2, -0.15) is 0 Å². The van der Waals surface area contributed by atoms with Gasteiger partial charge < -0.3 is 25.6 Å². The molecule has 1 aromatic heterocycles. The largest absolute Gasteiger partial charge is 0.497 e. The van der Waals surface area contributed by atoms with Crippen LogP contribution in [0.25, 0.3) is 10.9 Å². The second kappa shape index (κ2) is 6.95. The minimum atomic E-state index is -1.15. The maximum atomic E-state index is 11.2. The van der Waals surface area contributed by atoms with E-state index in [1.165, 1.54) is 0 Å². The Kier molecular flexibility index (Phi) is 4.89. The third-order valence-electron chi connectivity index (χ3n) is 4.95. The number of carbonyl (C=O) groups is 1. The van der Waals surface area contributed by atoms with Crippen molar-refractivity contribution in [3.8, 4) is 5.75 Å². The number of carboxylic acid groups (broad SMARTS) is 1. The van der Waals surface area contributed by atoms with Crippen molar-refractivity contribution in [3.05, 3.63) is 36.0 Å². The molecular formula is C18H23N3O4. The van der Waals surface area contributed by atoms with Crippen LogP contribution in [-0.4, -0.2) is 58.3 Å². The molecule has 0 saturated carbocycles. The summed E-state index contributed by atoms with van der Waals surface area (Å²) in [4.78, 5) is 17.6. The van der Waals surface area contributed by atoms with Gasteiger partial charge in [-0.05, 0) is 42.7 Å².